The number of nitrogens with two attached hydrogens (primary N) is 1. The van der Waals surface area contributed by atoms with E-state index in [-0.39, 0.29) is 30.9 Å². The van der Waals surface area contributed by atoms with Crippen LogP contribution in [0.25, 0.3) is 5.95 Å². The van der Waals surface area contributed by atoms with E-state index in [9.17, 15) is 9.59 Å². The van der Waals surface area contributed by atoms with E-state index in [1.807, 2.05) is 0 Å². The maximum absolute atomic E-state index is 11.4. The first kappa shape index (κ1) is 12.0. The second kappa shape index (κ2) is 4.57. The molecule has 20 heavy (non-hydrogen) atoms. The predicted molar refractivity (Wildman–Crippen MR) is 66.7 cm³/mol. The molecule has 2 amide bonds. The third-order valence-corrected chi connectivity index (χ3v) is 2.57. The summed E-state index contributed by atoms with van der Waals surface area (Å²) in [6.45, 7) is -0.0402. The summed E-state index contributed by atoms with van der Waals surface area (Å²) in [5.74, 6) is -0.470. The van der Waals surface area contributed by atoms with Gasteiger partial charge in [-0.25, -0.2) is 4.68 Å². The number of carbonyl (C=O) groups is 2. The third kappa shape index (κ3) is 2.25. The second-order valence-corrected chi connectivity index (χ2v) is 4.07. The van der Waals surface area contributed by atoms with Gasteiger partial charge < -0.3 is 10.6 Å². The van der Waals surface area contributed by atoms with E-state index < -0.39 is 11.8 Å². The summed E-state index contributed by atoms with van der Waals surface area (Å²) in [7, 11) is 0. The molecule has 1 aliphatic heterocycles. The molecule has 2 aromatic heterocycles. The Balaban J connectivity index is 1.97. The van der Waals surface area contributed by atoms with Crippen LogP contribution in [-0.4, -0.2) is 49.6 Å². The van der Waals surface area contributed by atoms with Gasteiger partial charge in [-0.05, 0) is 6.07 Å². The lowest BCUT2D eigenvalue weighted by Crippen LogP contribution is -2.52. The zero-order valence-corrected chi connectivity index (χ0v) is 10.2. The Hall–Kier alpha value is -3.04. The Morgan fingerprint density at radius 1 is 1.10 bits per heavy atom. The van der Waals surface area contributed by atoms with E-state index in [1.165, 1.54) is 9.58 Å². The fourth-order valence-electron chi connectivity index (χ4n) is 1.78. The van der Waals surface area contributed by atoms with E-state index in [0.717, 1.165) is 0 Å². The zero-order valence-electron chi connectivity index (χ0n) is 10.2. The Kier molecular flexibility index (Phi) is 2.75. The van der Waals surface area contributed by atoms with Gasteiger partial charge in [0.25, 0.3) is 5.95 Å². The number of anilines is 2. The van der Waals surface area contributed by atoms with Crippen LogP contribution in [0.4, 0.5) is 11.9 Å². The molecule has 0 atom stereocenters. The summed E-state index contributed by atoms with van der Waals surface area (Å²) in [5.41, 5.74) is 5.63. The van der Waals surface area contributed by atoms with Crippen LogP contribution >= 0.6 is 0 Å². The lowest BCUT2D eigenvalue weighted by molar-refractivity contribution is -0.130. The first-order valence-corrected chi connectivity index (χ1v) is 5.71. The van der Waals surface area contributed by atoms with E-state index in [0.29, 0.717) is 0 Å². The summed E-state index contributed by atoms with van der Waals surface area (Å²) in [5, 5.41) is 6.18. The van der Waals surface area contributed by atoms with Crippen molar-refractivity contribution in [2.75, 3.05) is 23.7 Å². The van der Waals surface area contributed by atoms with Crippen molar-refractivity contribution < 1.29 is 9.59 Å². The quantitative estimate of drug-likeness (QED) is 0.607. The first-order chi connectivity index (χ1) is 9.61. The van der Waals surface area contributed by atoms with Crippen molar-refractivity contribution in [2.45, 2.75) is 0 Å². The van der Waals surface area contributed by atoms with Crippen LogP contribution in [-0.2, 0) is 9.59 Å². The zero-order chi connectivity index (χ0) is 14.1. The minimum absolute atomic E-state index is 0.0149. The van der Waals surface area contributed by atoms with E-state index in [2.05, 4.69) is 25.4 Å². The largest absolute Gasteiger partial charge is 0.368 e. The van der Waals surface area contributed by atoms with Crippen molar-refractivity contribution in [2.24, 2.45) is 0 Å². The van der Waals surface area contributed by atoms with Gasteiger partial charge in [-0.2, -0.15) is 20.1 Å². The number of carbonyl (C=O) groups excluding carboxylic acids is 2. The number of nitrogens with zero attached hydrogens (tertiary/aromatic N) is 6. The van der Waals surface area contributed by atoms with Crippen molar-refractivity contribution in [3.63, 3.8) is 0 Å². The molecule has 10 nitrogen and oxygen atoms in total. The number of aromatic nitrogens is 5. The average Bonchev–Trinajstić information content (AvgIpc) is 2.90. The summed E-state index contributed by atoms with van der Waals surface area (Å²) >= 11 is 0. The van der Waals surface area contributed by atoms with Crippen molar-refractivity contribution in [3.05, 3.63) is 18.5 Å². The number of hydrogen-bond donors (Lipinski definition) is 2. The molecule has 0 aromatic carbocycles. The van der Waals surface area contributed by atoms with Crippen LogP contribution in [0.3, 0.4) is 0 Å². The highest BCUT2D eigenvalue weighted by atomic mass is 16.2. The second-order valence-electron chi connectivity index (χ2n) is 4.07. The highest BCUT2D eigenvalue weighted by Crippen LogP contribution is 2.12. The number of imide groups is 1. The molecule has 0 radical (unpaired) electrons. The number of amides is 2. The van der Waals surface area contributed by atoms with Gasteiger partial charge in [0.15, 0.2) is 0 Å². The standard InChI is InChI=1S/C10H10N8O2/c11-8-14-9(17-4-6(19)13-7(20)5-17)16-10(15-8)18-3-1-2-12-18/h1-3H,4-5H2,(H,13,19,20)(H2,11,14,15,16). The van der Waals surface area contributed by atoms with Crippen LogP contribution in [0.5, 0.6) is 0 Å². The topological polar surface area (TPSA) is 132 Å². The van der Waals surface area contributed by atoms with Crippen LogP contribution in [0.15, 0.2) is 18.5 Å². The van der Waals surface area contributed by atoms with Gasteiger partial charge in [0.1, 0.15) is 13.1 Å². The molecule has 3 heterocycles. The average molecular weight is 274 g/mol. The molecule has 1 saturated heterocycles. The van der Waals surface area contributed by atoms with E-state index in [4.69, 9.17) is 5.73 Å². The maximum Gasteiger partial charge on any atom is 0.257 e. The molecule has 0 saturated carbocycles. The van der Waals surface area contributed by atoms with Gasteiger partial charge in [-0.15, -0.1) is 0 Å². The first-order valence-electron chi connectivity index (χ1n) is 5.71. The molecular formula is C10H10N8O2. The summed E-state index contributed by atoms with van der Waals surface area (Å²) in [6, 6.07) is 1.71. The maximum atomic E-state index is 11.4. The Labute approximate surface area is 112 Å². The number of nitrogens with one attached hydrogen (secondary N) is 1. The molecule has 3 rings (SSSR count). The van der Waals surface area contributed by atoms with Gasteiger partial charge in [0.2, 0.25) is 23.7 Å². The van der Waals surface area contributed by atoms with Crippen LogP contribution in [0.2, 0.25) is 0 Å². The van der Waals surface area contributed by atoms with Crippen LogP contribution in [0, 0.1) is 0 Å². The highest BCUT2D eigenvalue weighted by molar-refractivity contribution is 6.02. The van der Waals surface area contributed by atoms with Crippen LogP contribution in [0.1, 0.15) is 0 Å². The summed E-state index contributed by atoms with van der Waals surface area (Å²) < 4.78 is 1.41. The molecule has 0 aliphatic carbocycles. The molecule has 1 fully saturated rings. The molecule has 102 valence electrons. The minimum atomic E-state index is -0.416. The lowest BCUT2D eigenvalue weighted by Gasteiger charge is -2.25. The number of rotatable bonds is 2. The molecule has 2 aromatic rings. The molecule has 10 heteroatoms. The van der Waals surface area contributed by atoms with E-state index in [1.54, 1.807) is 18.5 Å². The monoisotopic (exact) mass is 274 g/mol. The lowest BCUT2D eigenvalue weighted by atomic mass is 10.3. The number of piperazine rings is 1. The Bertz CT molecular complexity index is 652. The minimum Gasteiger partial charge on any atom is -0.368 e. The fraction of sp³-hybridized carbons (Fsp3) is 0.200. The van der Waals surface area contributed by atoms with Crippen LogP contribution < -0.4 is 16.0 Å². The molecule has 0 unspecified atom stereocenters. The van der Waals surface area contributed by atoms with Gasteiger partial charge in [-0.3, -0.25) is 14.9 Å². The highest BCUT2D eigenvalue weighted by Gasteiger charge is 2.25. The van der Waals surface area contributed by atoms with Crippen molar-refractivity contribution in [3.8, 4) is 5.95 Å². The van der Waals surface area contributed by atoms with E-state index >= 15 is 0 Å². The van der Waals surface area contributed by atoms with Gasteiger partial charge in [0, 0.05) is 12.4 Å². The van der Waals surface area contributed by atoms with Crippen molar-refractivity contribution in [1.29, 1.82) is 0 Å². The Morgan fingerprint density at radius 2 is 1.80 bits per heavy atom. The fourth-order valence-corrected chi connectivity index (χ4v) is 1.78. The molecule has 1 aliphatic rings. The smallest absolute Gasteiger partial charge is 0.257 e. The predicted octanol–water partition coefficient (Wildman–Crippen LogP) is -1.90. The molecular weight excluding hydrogens is 264 g/mol. The van der Waals surface area contributed by atoms with Gasteiger partial charge in [-0.1, -0.05) is 0 Å². The molecule has 0 bridgehead atoms. The summed E-state index contributed by atoms with van der Waals surface area (Å²) in [6.07, 6.45) is 3.21. The molecule has 0 spiro atoms. The van der Waals surface area contributed by atoms with Crippen molar-refractivity contribution >= 4 is 23.7 Å². The van der Waals surface area contributed by atoms with Gasteiger partial charge in [0.05, 0.1) is 0 Å². The molecule has 3 N–H and O–H groups in total. The third-order valence-electron chi connectivity index (χ3n) is 2.57. The SMILES string of the molecule is Nc1nc(N2CC(=O)NC(=O)C2)nc(-n2cccn2)n1. The summed E-state index contributed by atoms with van der Waals surface area (Å²) in [4.78, 5) is 36.2. The number of nitrogen functional groups attached to an aromatic ring is 1. The number of hydrogen-bond acceptors (Lipinski definition) is 8. The normalized spacial score (nSPS) is 15.3. The van der Waals surface area contributed by atoms with Crippen molar-refractivity contribution in [1.82, 2.24) is 30.0 Å². The van der Waals surface area contributed by atoms with Gasteiger partial charge >= 0.3 is 0 Å². The Morgan fingerprint density at radius 3 is 2.45 bits per heavy atom.